The van der Waals surface area contributed by atoms with Crippen LogP contribution in [0.3, 0.4) is 0 Å². The zero-order chi connectivity index (χ0) is 17.8. The van der Waals surface area contributed by atoms with Crippen molar-refractivity contribution in [3.05, 3.63) is 47.6 Å². The summed E-state index contributed by atoms with van der Waals surface area (Å²) in [6, 6.07) is 7.17. The lowest BCUT2D eigenvalue weighted by Crippen LogP contribution is -2.31. The fourth-order valence-corrected chi connectivity index (χ4v) is 3.12. The SMILES string of the molecule is NC1=NN(CCCO)C2CC(c3ccccc3OCC(F)F)=CC=C12. The van der Waals surface area contributed by atoms with Gasteiger partial charge < -0.3 is 15.6 Å². The van der Waals surface area contributed by atoms with E-state index in [9.17, 15) is 8.78 Å². The number of hydrogen-bond acceptors (Lipinski definition) is 5. The first-order valence-corrected chi connectivity index (χ1v) is 8.23. The number of nitrogens with zero attached hydrogens (tertiary/aromatic N) is 2. The molecule has 3 rings (SSSR count). The molecule has 0 aromatic heterocycles. The van der Waals surface area contributed by atoms with Gasteiger partial charge in [0, 0.05) is 24.3 Å². The molecule has 2 aliphatic rings. The summed E-state index contributed by atoms with van der Waals surface area (Å²) in [7, 11) is 0. The molecule has 5 nitrogen and oxygen atoms in total. The monoisotopic (exact) mass is 349 g/mol. The third kappa shape index (κ3) is 3.82. The highest BCUT2D eigenvalue weighted by Gasteiger charge is 2.33. The minimum absolute atomic E-state index is 0.00490. The predicted octanol–water partition coefficient (Wildman–Crippen LogP) is 2.38. The number of ether oxygens (including phenoxy) is 1. The Labute approximate surface area is 145 Å². The summed E-state index contributed by atoms with van der Waals surface area (Å²) in [6.07, 6.45) is 2.60. The maximum atomic E-state index is 12.5. The molecule has 1 aromatic carbocycles. The highest BCUT2D eigenvalue weighted by molar-refractivity contribution is 6.01. The minimum atomic E-state index is -2.52. The normalized spacial score (nSPS) is 19.4. The summed E-state index contributed by atoms with van der Waals surface area (Å²) >= 11 is 0. The molecule has 3 N–H and O–H groups in total. The van der Waals surface area contributed by atoms with E-state index in [4.69, 9.17) is 15.6 Å². The lowest BCUT2D eigenvalue weighted by molar-refractivity contribution is 0.0817. The van der Waals surface area contributed by atoms with E-state index in [0.717, 1.165) is 16.7 Å². The zero-order valence-electron chi connectivity index (χ0n) is 13.7. The van der Waals surface area contributed by atoms with Gasteiger partial charge in [0.2, 0.25) is 0 Å². The highest BCUT2D eigenvalue weighted by Crippen LogP contribution is 2.37. The van der Waals surface area contributed by atoms with Crippen LogP contribution in [-0.4, -0.2) is 48.2 Å². The Morgan fingerprint density at radius 2 is 2.12 bits per heavy atom. The lowest BCUT2D eigenvalue weighted by Gasteiger charge is -2.27. The van der Waals surface area contributed by atoms with E-state index < -0.39 is 13.0 Å². The Morgan fingerprint density at radius 3 is 2.88 bits per heavy atom. The Bertz CT molecular complexity index is 716. The van der Waals surface area contributed by atoms with Crippen molar-refractivity contribution in [1.82, 2.24) is 5.01 Å². The van der Waals surface area contributed by atoms with Crippen molar-refractivity contribution in [3.63, 3.8) is 0 Å². The molecule has 1 unspecified atom stereocenters. The third-order valence-corrected chi connectivity index (χ3v) is 4.27. The molecule has 134 valence electrons. The van der Waals surface area contributed by atoms with Crippen LogP contribution in [0.4, 0.5) is 8.78 Å². The molecule has 25 heavy (non-hydrogen) atoms. The number of aliphatic hydroxyl groups is 1. The Morgan fingerprint density at radius 1 is 1.32 bits per heavy atom. The molecule has 0 saturated heterocycles. The van der Waals surface area contributed by atoms with Gasteiger partial charge in [-0.05, 0) is 24.5 Å². The van der Waals surface area contributed by atoms with Crippen LogP contribution in [0.2, 0.25) is 0 Å². The van der Waals surface area contributed by atoms with E-state index in [0.29, 0.717) is 31.0 Å². The van der Waals surface area contributed by atoms with Gasteiger partial charge in [-0.2, -0.15) is 5.10 Å². The fourth-order valence-electron chi connectivity index (χ4n) is 3.12. The maximum absolute atomic E-state index is 12.5. The number of fused-ring (bicyclic) bond motifs is 1. The molecule has 1 aromatic rings. The van der Waals surface area contributed by atoms with Crippen LogP contribution >= 0.6 is 0 Å². The van der Waals surface area contributed by atoms with Gasteiger partial charge in [-0.25, -0.2) is 8.78 Å². The molecule has 0 bridgehead atoms. The number of nitrogens with two attached hydrogens (primary N) is 1. The topological polar surface area (TPSA) is 71.1 Å². The second-order valence-corrected chi connectivity index (χ2v) is 5.96. The first kappa shape index (κ1) is 17.4. The molecule has 0 saturated carbocycles. The second-order valence-electron chi connectivity index (χ2n) is 5.96. The Kier molecular flexibility index (Phi) is 5.33. The van der Waals surface area contributed by atoms with Gasteiger partial charge in [-0.1, -0.05) is 30.4 Å². The number of rotatable bonds is 7. The van der Waals surface area contributed by atoms with E-state index in [-0.39, 0.29) is 12.6 Å². The molecule has 7 heteroatoms. The van der Waals surface area contributed by atoms with Crippen LogP contribution in [0.25, 0.3) is 5.57 Å². The minimum Gasteiger partial charge on any atom is -0.487 e. The van der Waals surface area contributed by atoms with Crippen molar-refractivity contribution in [1.29, 1.82) is 0 Å². The molecule has 0 fully saturated rings. The van der Waals surface area contributed by atoms with Gasteiger partial charge in [-0.3, -0.25) is 5.01 Å². The third-order valence-electron chi connectivity index (χ3n) is 4.27. The average Bonchev–Trinajstić information content (AvgIpc) is 2.93. The summed E-state index contributed by atoms with van der Waals surface area (Å²) < 4.78 is 30.2. The number of halogens is 2. The number of benzene rings is 1. The van der Waals surface area contributed by atoms with E-state index in [1.807, 2.05) is 29.3 Å². The summed E-state index contributed by atoms with van der Waals surface area (Å²) in [5, 5.41) is 15.3. The van der Waals surface area contributed by atoms with Crippen molar-refractivity contribution < 1.29 is 18.6 Å². The number of para-hydroxylation sites is 1. The van der Waals surface area contributed by atoms with Crippen LogP contribution in [0.1, 0.15) is 18.4 Å². The summed E-state index contributed by atoms with van der Waals surface area (Å²) in [4.78, 5) is 0. The van der Waals surface area contributed by atoms with E-state index >= 15 is 0 Å². The average molecular weight is 349 g/mol. The quantitative estimate of drug-likeness (QED) is 0.793. The fraction of sp³-hybridized carbons (Fsp3) is 0.389. The van der Waals surface area contributed by atoms with Gasteiger partial charge in [0.15, 0.2) is 0 Å². The molecule has 1 atom stereocenters. The van der Waals surface area contributed by atoms with Crippen LogP contribution in [0.15, 0.2) is 47.1 Å². The predicted molar refractivity (Wildman–Crippen MR) is 92.4 cm³/mol. The van der Waals surface area contributed by atoms with E-state index in [1.165, 1.54) is 0 Å². The molecule has 1 aliphatic heterocycles. The number of allylic oxidation sites excluding steroid dienone is 2. The largest absolute Gasteiger partial charge is 0.487 e. The van der Waals surface area contributed by atoms with Gasteiger partial charge >= 0.3 is 0 Å². The van der Waals surface area contributed by atoms with Crippen molar-refractivity contribution in [2.45, 2.75) is 25.3 Å². The molecular weight excluding hydrogens is 328 g/mol. The molecule has 1 heterocycles. The zero-order valence-corrected chi connectivity index (χ0v) is 13.7. The van der Waals surface area contributed by atoms with Crippen molar-refractivity contribution in [2.75, 3.05) is 19.8 Å². The van der Waals surface area contributed by atoms with Crippen molar-refractivity contribution >= 4 is 11.4 Å². The molecule has 0 spiro atoms. The summed E-state index contributed by atoms with van der Waals surface area (Å²) in [5.41, 5.74) is 8.72. The summed E-state index contributed by atoms with van der Waals surface area (Å²) in [6.45, 7) is 0.0637. The smallest absolute Gasteiger partial charge is 0.272 e. The number of hydrazone groups is 1. The van der Waals surface area contributed by atoms with Gasteiger partial charge in [0.1, 0.15) is 18.2 Å². The standard InChI is InChI=1S/C18H21F2N3O2/c19-17(20)11-25-16-5-2-1-4-13(16)12-6-7-14-15(10-12)23(8-3-9-24)22-18(14)21/h1-2,4-7,15,17,24H,3,8-11H2,(H2,21,22). The highest BCUT2D eigenvalue weighted by atomic mass is 19.3. The van der Waals surface area contributed by atoms with Crippen LogP contribution in [-0.2, 0) is 0 Å². The van der Waals surface area contributed by atoms with Crippen LogP contribution < -0.4 is 10.5 Å². The van der Waals surface area contributed by atoms with Crippen molar-refractivity contribution in [3.8, 4) is 5.75 Å². The first-order valence-electron chi connectivity index (χ1n) is 8.23. The van der Waals surface area contributed by atoms with Gasteiger partial charge in [0.05, 0.1) is 6.04 Å². The van der Waals surface area contributed by atoms with Gasteiger partial charge in [0.25, 0.3) is 6.43 Å². The first-order chi connectivity index (χ1) is 12.1. The number of aliphatic hydroxyl groups excluding tert-OH is 1. The Hall–Kier alpha value is -2.41. The molecular formula is C18H21F2N3O2. The van der Waals surface area contributed by atoms with E-state index in [2.05, 4.69) is 5.10 Å². The maximum Gasteiger partial charge on any atom is 0.272 e. The lowest BCUT2D eigenvalue weighted by atomic mass is 9.88. The van der Waals surface area contributed by atoms with Crippen LogP contribution in [0, 0.1) is 0 Å². The second kappa shape index (κ2) is 7.65. The number of alkyl halides is 2. The number of amidine groups is 1. The van der Waals surface area contributed by atoms with E-state index in [1.54, 1.807) is 12.1 Å². The number of hydrogen-bond donors (Lipinski definition) is 2. The van der Waals surface area contributed by atoms with Crippen LogP contribution in [0.5, 0.6) is 5.75 Å². The molecule has 0 radical (unpaired) electrons. The summed E-state index contributed by atoms with van der Waals surface area (Å²) in [5.74, 6) is 0.931. The Balaban J connectivity index is 1.83. The molecule has 0 amide bonds. The van der Waals surface area contributed by atoms with Gasteiger partial charge in [-0.15, -0.1) is 0 Å². The van der Waals surface area contributed by atoms with Crippen molar-refractivity contribution in [2.24, 2.45) is 10.8 Å². The molecule has 1 aliphatic carbocycles.